The van der Waals surface area contributed by atoms with Crippen molar-refractivity contribution in [2.24, 2.45) is 0 Å². The first-order chi connectivity index (χ1) is 6.84. The van der Waals surface area contributed by atoms with E-state index in [0.29, 0.717) is 0 Å². The predicted octanol–water partition coefficient (Wildman–Crippen LogP) is 1.14. The number of halogens is 1. The highest BCUT2D eigenvalue weighted by Gasteiger charge is 2.15. The monoisotopic (exact) mass is 258 g/mol. The van der Waals surface area contributed by atoms with E-state index in [2.05, 4.69) is 30.9 Å². The molecule has 4 nitrogen and oxygen atoms in total. The average molecular weight is 259 g/mol. The van der Waals surface area contributed by atoms with Crippen molar-refractivity contribution in [1.29, 1.82) is 0 Å². The SMILES string of the molecule is BrC1CCN(CCn2cncn2)CC1. The third-order valence-electron chi connectivity index (χ3n) is 2.63. The van der Waals surface area contributed by atoms with Crippen LogP contribution in [-0.2, 0) is 6.54 Å². The Bertz CT molecular complexity index is 254. The number of alkyl halides is 1. The van der Waals surface area contributed by atoms with Gasteiger partial charge >= 0.3 is 0 Å². The highest BCUT2D eigenvalue weighted by molar-refractivity contribution is 9.09. The second kappa shape index (κ2) is 4.89. The van der Waals surface area contributed by atoms with Gasteiger partial charge in [0.15, 0.2) is 0 Å². The summed E-state index contributed by atoms with van der Waals surface area (Å²) in [5, 5.41) is 4.09. The van der Waals surface area contributed by atoms with Gasteiger partial charge in [0.25, 0.3) is 0 Å². The van der Waals surface area contributed by atoms with Crippen LogP contribution in [0, 0.1) is 0 Å². The van der Waals surface area contributed by atoms with E-state index in [1.54, 1.807) is 12.7 Å². The maximum Gasteiger partial charge on any atom is 0.137 e. The van der Waals surface area contributed by atoms with E-state index in [-0.39, 0.29) is 0 Å². The molecular formula is C9H15BrN4. The predicted molar refractivity (Wildman–Crippen MR) is 58.4 cm³/mol. The summed E-state index contributed by atoms with van der Waals surface area (Å²) in [5.74, 6) is 0. The molecule has 0 atom stereocenters. The Balaban J connectivity index is 1.71. The topological polar surface area (TPSA) is 34.0 Å². The van der Waals surface area contributed by atoms with Crippen LogP contribution in [0.15, 0.2) is 12.7 Å². The van der Waals surface area contributed by atoms with Gasteiger partial charge in [-0.3, -0.25) is 4.68 Å². The van der Waals surface area contributed by atoms with Crippen LogP contribution in [0.4, 0.5) is 0 Å². The minimum absolute atomic E-state index is 0.727. The molecule has 0 aromatic carbocycles. The second-order valence-electron chi connectivity index (χ2n) is 3.67. The lowest BCUT2D eigenvalue weighted by Gasteiger charge is -2.29. The third-order valence-corrected chi connectivity index (χ3v) is 3.54. The first kappa shape index (κ1) is 10.1. The Morgan fingerprint density at radius 3 is 2.71 bits per heavy atom. The van der Waals surface area contributed by atoms with Gasteiger partial charge < -0.3 is 4.90 Å². The molecule has 1 aliphatic heterocycles. The summed E-state index contributed by atoms with van der Waals surface area (Å²) in [7, 11) is 0. The van der Waals surface area contributed by atoms with Crippen molar-refractivity contribution in [1.82, 2.24) is 19.7 Å². The Labute approximate surface area is 92.4 Å². The lowest BCUT2D eigenvalue weighted by Crippen LogP contribution is -2.36. The van der Waals surface area contributed by atoms with Gasteiger partial charge in [-0.05, 0) is 25.9 Å². The van der Waals surface area contributed by atoms with Gasteiger partial charge in [0.2, 0.25) is 0 Å². The normalized spacial score (nSPS) is 20.1. The summed E-state index contributed by atoms with van der Waals surface area (Å²) in [6, 6.07) is 0. The fourth-order valence-electron chi connectivity index (χ4n) is 1.72. The van der Waals surface area contributed by atoms with Crippen molar-refractivity contribution >= 4 is 15.9 Å². The maximum absolute atomic E-state index is 4.09. The van der Waals surface area contributed by atoms with E-state index in [0.717, 1.165) is 17.9 Å². The molecule has 0 N–H and O–H groups in total. The van der Waals surface area contributed by atoms with Crippen LogP contribution in [-0.4, -0.2) is 44.1 Å². The zero-order valence-corrected chi connectivity index (χ0v) is 9.73. The fourth-order valence-corrected chi connectivity index (χ4v) is 2.13. The smallest absolute Gasteiger partial charge is 0.137 e. The molecule has 0 spiro atoms. The number of hydrogen-bond acceptors (Lipinski definition) is 3. The van der Waals surface area contributed by atoms with E-state index in [1.165, 1.54) is 25.9 Å². The minimum Gasteiger partial charge on any atom is -0.301 e. The Morgan fingerprint density at radius 2 is 2.07 bits per heavy atom. The van der Waals surface area contributed by atoms with Crippen molar-refractivity contribution in [3.63, 3.8) is 0 Å². The van der Waals surface area contributed by atoms with Crippen LogP contribution in [0.5, 0.6) is 0 Å². The van der Waals surface area contributed by atoms with Crippen molar-refractivity contribution in [3.8, 4) is 0 Å². The molecule has 5 heteroatoms. The summed E-state index contributed by atoms with van der Waals surface area (Å²) in [6.45, 7) is 4.44. The molecule has 2 rings (SSSR count). The number of aromatic nitrogens is 3. The summed E-state index contributed by atoms with van der Waals surface area (Å²) in [5.41, 5.74) is 0. The van der Waals surface area contributed by atoms with Gasteiger partial charge in [0, 0.05) is 11.4 Å². The Kier molecular flexibility index (Phi) is 3.53. The van der Waals surface area contributed by atoms with E-state index in [9.17, 15) is 0 Å². The first-order valence-electron chi connectivity index (χ1n) is 5.03. The molecule has 1 fully saturated rings. The molecule has 1 aliphatic rings. The van der Waals surface area contributed by atoms with Crippen LogP contribution < -0.4 is 0 Å². The van der Waals surface area contributed by atoms with Crippen LogP contribution in [0.25, 0.3) is 0 Å². The van der Waals surface area contributed by atoms with Gasteiger partial charge in [-0.2, -0.15) is 5.10 Å². The number of piperidine rings is 1. The van der Waals surface area contributed by atoms with Gasteiger partial charge in [0.05, 0.1) is 6.54 Å². The van der Waals surface area contributed by atoms with E-state index in [1.807, 2.05) is 4.68 Å². The van der Waals surface area contributed by atoms with Crippen LogP contribution in [0.3, 0.4) is 0 Å². The molecule has 0 unspecified atom stereocenters. The largest absolute Gasteiger partial charge is 0.301 e. The van der Waals surface area contributed by atoms with Crippen molar-refractivity contribution in [2.75, 3.05) is 19.6 Å². The standard InChI is InChI=1S/C9H15BrN4/c10-9-1-3-13(4-2-9)5-6-14-8-11-7-12-14/h7-9H,1-6H2. The van der Waals surface area contributed by atoms with E-state index >= 15 is 0 Å². The quantitative estimate of drug-likeness (QED) is 0.763. The van der Waals surface area contributed by atoms with Crippen LogP contribution in [0.1, 0.15) is 12.8 Å². The lowest BCUT2D eigenvalue weighted by molar-refractivity contribution is 0.222. The van der Waals surface area contributed by atoms with Crippen LogP contribution in [0.2, 0.25) is 0 Å². The van der Waals surface area contributed by atoms with Crippen molar-refractivity contribution < 1.29 is 0 Å². The number of rotatable bonds is 3. The highest BCUT2D eigenvalue weighted by Crippen LogP contribution is 2.16. The maximum atomic E-state index is 4.09. The van der Waals surface area contributed by atoms with Gasteiger partial charge in [-0.1, -0.05) is 15.9 Å². The Hall–Kier alpha value is -0.420. The van der Waals surface area contributed by atoms with Gasteiger partial charge in [-0.25, -0.2) is 4.98 Å². The van der Waals surface area contributed by atoms with Crippen molar-refractivity contribution in [3.05, 3.63) is 12.7 Å². The molecule has 14 heavy (non-hydrogen) atoms. The summed E-state index contributed by atoms with van der Waals surface area (Å²) < 4.78 is 1.89. The molecule has 2 heterocycles. The third kappa shape index (κ3) is 2.78. The zero-order valence-electron chi connectivity index (χ0n) is 8.14. The summed E-state index contributed by atoms with van der Waals surface area (Å²) in [4.78, 5) is 7.14. The molecule has 0 aliphatic carbocycles. The number of nitrogens with zero attached hydrogens (tertiary/aromatic N) is 4. The zero-order chi connectivity index (χ0) is 9.80. The molecule has 78 valence electrons. The van der Waals surface area contributed by atoms with Gasteiger partial charge in [0.1, 0.15) is 12.7 Å². The molecule has 0 radical (unpaired) electrons. The average Bonchev–Trinajstić information content (AvgIpc) is 2.70. The van der Waals surface area contributed by atoms with Crippen LogP contribution >= 0.6 is 15.9 Å². The molecule has 1 aromatic heterocycles. The number of likely N-dealkylation sites (tertiary alicyclic amines) is 1. The van der Waals surface area contributed by atoms with Crippen molar-refractivity contribution in [2.45, 2.75) is 24.2 Å². The summed E-state index contributed by atoms with van der Waals surface area (Å²) in [6.07, 6.45) is 5.89. The summed E-state index contributed by atoms with van der Waals surface area (Å²) >= 11 is 3.65. The fraction of sp³-hybridized carbons (Fsp3) is 0.778. The first-order valence-corrected chi connectivity index (χ1v) is 5.95. The van der Waals surface area contributed by atoms with E-state index in [4.69, 9.17) is 0 Å². The van der Waals surface area contributed by atoms with Gasteiger partial charge in [-0.15, -0.1) is 0 Å². The molecular weight excluding hydrogens is 244 g/mol. The second-order valence-corrected chi connectivity index (χ2v) is 4.97. The highest BCUT2D eigenvalue weighted by atomic mass is 79.9. The number of hydrogen-bond donors (Lipinski definition) is 0. The Morgan fingerprint density at radius 1 is 1.29 bits per heavy atom. The molecule has 0 amide bonds. The van der Waals surface area contributed by atoms with E-state index < -0.39 is 0 Å². The lowest BCUT2D eigenvalue weighted by atomic mass is 10.1. The molecule has 0 bridgehead atoms. The molecule has 0 saturated carbocycles. The minimum atomic E-state index is 0.727. The molecule has 1 aromatic rings. The molecule has 1 saturated heterocycles.